The fraction of sp³-hybridized carbons (Fsp3) is 0.238. The normalized spacial score (nSPS) is 14.1. The van der Waals surface area contributed by atoms with Gasteiger partial charge in [0.15, 0.2) is 0 Å². The van der Waals surface area contributed by atoms with Crippen LogP contribution in [0.4, 0.5) is 0 Å². The van der Waals surface area contributed by atoms with Crippen LogP contribution in [0.15, 0.2) is 72.8 Å². The SMILES string of the molecule is CN(C)CC(c1ccc2ccccc2c1)C(Cl)c1ccccc1. The Morgan fingerprint density at radius 1 is 0.783 bits per heavy atom. The maximum atomic E-state index is 6.88. The van der Waals surface area contributed by atoms with Crippen molar-refractivity contribution in [1.82, 2.24) is 4.90 Å². The van der Waals surface area contributed by atoms with Gasteiger partial charge in [0.25, 0.3) is 0 Å². The molecule has 0 aliphatic rings. The lowest BCUT2D eigenvalue weighted by Crippen LogP contribution is -2.23. The first kappa shape index (κ1) is 16.0. The molecule has 3 aromatic rings. The highest BCUT2D eigenvalue weighted by atomic mass is 35.5. The van der Waals surface area contributed by atoms with Gasteiger partial charge in [-0.1, -0.05) is 72.8 Å². The molecule has 2 atom stereocenters. The Balaban J connectivity index is 2.00. The van der Waals surface area contributed by atoms with Gasteiger partial charge < -0.3 is 4.90 Å². The van der Waals surface area contributed by atoms with Gasteiger partial charge in [-0.15, -0.1) is 11.6 Å². The molecule has 0 bridgehead atoms. The zero-order valence-corrected chi connectivity index (χ0v) is 14.4. The Bertz CT molecular complexity index is 767. The largest absolute Gasteiger partial charge is 0.309 e. The van der Waals surface area contributed by atoms with Crippen molar-refractivity contribution >= 4 is 22.4 Å². The van der Waals surface area contributed by atoms with Gasteiger partial charge in [0.1, 0.15) is 0 Å². The third-order valence-electron chi connectivity index (χ3n) is 4.23. The molecule has 0 amide bonds. The molecule has 0 aliphatic carbocycles. The lowest BCUT2D eigenvalue weighted by atomic mass is 9.89. The van der Waals surface area contributed by atoms with Crippen LogP contribution in [0, 0.1) is 0 Å². The first-order valence-corrected chi connectivity index (χ1v) is 8.41. The van der Waals surface area contributed by atoms with E-state index in [1.165, 1.54) is 21.9 Å². The molecule has 0 fully saturated rings. The molecule has 0 aliphatic heterocycles. The number of hydrogen-bond donors (Lipinski definition) is 0. The van der Waals surface area contributed by atoms with Crippen molar-refractivity contribution in [1.29, 1.82) is 0 Å². The topological polar surface area (TPSA) is 3.24 Å². The molecule has 0 saturated carbocycles. The van der Waals surface area contributed by atoms with E-state index in [2.05, 4.69) is 85.7 Å². The summed E-state index contributed by atoms with van der Waals surface area (Å²) in [7, 11) is 4.20. The summed E-state index contributed by atoms with van der Waals surface area (Å²) in [5.74, 6) is 0.249. The van der Waals surface area contributed by atoms with Gasteiger partial charge >= 0.3 is 0 Å². The van der Waals surface area contributed by atoms with Crippen LogP contribution in [0.1, 0.15) is 22.4 Å². The van der Waals surface area contributed by atoms with Gasteiger partial charge in [-0.2, -0.15) is 0 Å². The summed E-state index contributed by atoms with van der Waals surface area (Å²) in [4.78, 5) is 2.21. The van der Waals surface area contributed by atoms with Crippen LogP contribution in [0.3, 0.4) is 0 Å². The Labute approximate surface area is 143 Å². The number of alkyl halides is 1. The fourth-order valence-corrected chi connectivity index (χ4v) is 3.44. The average Bonchev–Trinajstić information content (AvgIpc) is 2.59. The quantitative estimate of drug-likeness (QED) is 0.563. The molecule has 2 heteroatoms. The molecule has 2 unspecified atom stereocenters. The van der Waals surface area contributed by atoms with Gasteiger partial charge in [-0.3, -0.25) is 0 Å². The predicted octanol–water partition coefficient (Wildman–Crippen LogP) is 5.47. The van der Waals surface area contributed by atoms with E-state index in [1.54, 1.807) is 0 Å². The van der Waals surface area contributed by atoms with Crippen LogP contribution in [0.5, 0.6) is 0 Å². The zero-order valence-electron chi connectivity index (χ0n) is 13.6. The molecule has 0 saturated heterocycles. The summed E-state index contributed by atoms with van der Waals surface area (Å²) in [6, 6.07) is 25.5. The van der Waals surface area contributed by atoms with Crippen LogP contribution in [0.2, 0.25) is 0 Å². The second-order valence-corrected chi connectivity index (χ2v) is 6.76. The van der Waals surface area contributed by atoms with Gasteiger partial charge in [-0.25, -0.2) is 0 Å². The zero-order chi connectivity index (χ0) is 16.2. The van der Waals surface area contributed by atoms with Crippen molar-refractivity contribution in [2.45, 2.75) is 11.3 Å². The van der Waals surface area contributed by atoms with E-state index in [4.69, 9.17) is 11.6 Å². The van der Waals surface area contributed by atoms with Gasteiger partial charge in [-0.05, 0) is 36.0 Å². The van der Waals surface area contributed by atoms with E-state index in [-0.39, 0.29) is 11.3 Å². The second-order valence-electron chi connectivity index (χ2n) is 6.29. The highest BCUT2D eigenvalue weighted by Crippen LogP contribution is 2.37. The minimum Gasteiger partial charge on any atom is -0.309 e. The summed E-state index contributed by atoms with van der Waals surface area (Å²) in [6.45, 7) is 0.918. The fourth-order valence-electron chi connectivity index (χ4n) is 3.07. The minimum absolute atomic E-state index is 0.0419. The van der Waals surface area contributed by atoms with Crippen molar-refractivity contribution in [2.24, 2.45) is 0 Å². The maximum Gasteiger partial charge on any atom is 0.0666 e. The summed E-state index contributed by atoms with van der Waals surface area (Å²) in [5, 5.41) is 2.50. The number of halogens is 1. The lowest BCUT2D eigenvalue weighted by molar-refractivity contribution is 0.368. The Kier molecular flexibility index (Phi) is 5.00. The third-order valence-corrected chi connectivity index (χ3v) is 4.79. The lowest BCUT2D eigenvalue weighted by Gasteiger charge is -2.26. The van der Waals surface area contributed by atoms with Crippen LogP contribution in [-0.2, 0) is 0 Å². The van der Waals surface area contributed by atoms with Crippen LogP contribution < -0.4 is 0 Å². The maximum absolute atomic E-state index is 6.88. The van der Waals surface area contributed by atoms with Crippen molar-refractivity contribution in [3.05, 3.63) is 83.9 Å². The standard InChI is InChI=1S/C21H22ClN/c1-23(2)15-20(21(22)17-9-4-3-5-10-17)19-13-12-16-8-6-7-11-18(16)14-19/h3-14,20-21H,15H2,1-2H3. The molecule has 0 N–H and O–H groups in total. The Hall–Kier alpha value is -1.83. The van der Waals surface area contributed by atoms with Crippen molar-refractivity contribution in [3.63, 3.8) is 0 Å². The van der Waals surface area contributed by atoms with Crippen molar-refractivity contribution < 1.29 is 0 Å². The van der Waals surface area contributed by atoms with E-state index in [0.717, 1.165) is 6.54 Å². The number of rotatable bonds is 5. The molecule has 1 nitrogen and oxygen atoms in total. The second kappa shape index (κ2) is 7.16. The molecule has 0 radical (unpaired) electrons. The molecule has 3 aromatic carbocycles. The molecule has 0 heterocycles. The minimum atomic E-state index is -0.0419. The monoisotopic (exact) mass is 323 g/mol. The van der Waals surface area contributed by atoms with Crippen LogP contribution in [0.25, 0.3) is 10.8 Å². The van der Waals surface area contributed by atoms with Crippen LogP contribution >= 0.6 is 11.6 Å². The predicted molar refractivity (Wildman–Crippen MR) is 100 cm³/mol. The number of fused-ring (bicyclic) bond motifs is 1. The molecule has 3 rings (SSSR count). The first-order valence-electron chi connectivity index (χ1n) is 7.97. The number of nitrogens with zero attached hydrogens (tertiary/aromatic N) is 1. The number of likely N-dealkylation sites (N-methyl/N-ethyl adjacent to an activating group) is 1. The van der Waals surface area contributed by atoms with Gasteiger partial charge in [0.05, 0.1) is 5.38 Å². The highest BCUT2D eigenvalue weighted by molar-refractivity contribution is 6.21. The van der Waals surface area contributed by atoms with Crippen molar-refractivity contribution in [3.8, 4) is 0 Å². The van der Waals surface area contributed by atoms with E-state index >= 15 is 0 Å². The smallest absolute Gasteiger partial charge is 0.0666 e. The van der Waals surface area contributed by atoms with Crippen LogP contribution in [-0.4, -0.2) is 25.5 Å². The first-order chi connectivity index (χ1) is 11.1. The molecular formula is C21H22ClN. The van der Waals surface area contributed by atoms with Gasteiger partial charge in [0.2, 0.25) is 0 Å². The summed E-state index contributed by atoms with van der Waals surface area (Å²) in [6.07, 6.45) is 0. The Morgan fingerprint density at radius 3 is 2.13 bits per heavy atom. The number of benzene rings is 3. The summed E-state index contributed by atoms with van der Waals surface area (Å²) >= 11 is 6.88. The molecule has 0 aromatic heterocycles. The number of hydrogen-bond acceptors (Lipinski definition) is 1. The summed E-state index contributed by atoms with van der Waals surface area (Å²) < 4.78 is 0. The molecule has 23 heavy (non-hydrogen) atoms. The Morgan fingerprint density at radius 2 is 1.43 bits per heavy atom. The highest BCUT2D eigenvalue weighted by Gasteiger charge is 2.23. The van der Waals surface area contributed by atoms with E-state index < -0.39 is 0 Å². The van der Waals surface area contributed by atoms with E-state index in [0.29, 0.717) is 0 Å². The molecule has 118 valence electrons. The van der Waals surface area contributed by atoms with E-state index in [1.807, 2.05) is 6.07 Å². The third kappa shape index (κ3) is 3.74. The van der Waals surface area contributed by atoms with Gasteiger partial charge in [0, 0.05) is 12.5 Å². The average molecular weight is 324 g/mol. The van der Waals surface area contributed by atoms with E-state index in [9.17, 15) is 0 Å². The summed E-state index contributed by atoms with van der Waals surface area (Å²) in [5.41, 5.74) is 2.47. The molecular weight excluding hydrogens is 302 g/mol. The molecule has 0 spiro atoms. The van der Waals surface area contributed by atoms with Crippen molar-refractivity contribution in [2.75, 3.05) is 20.6 Å².